The predicted octanol–water partition coefficient (Wildman–Crippen LogP) is 2.88. The summed E-state index contributed by atoms with van der Waals surface area (Å²) in [5, 5.41) is 26.7. The molecule has 1 aromatic carbocycles. The smallest absolute Gasteiger partial charge is 0.262 e. The van der Waals surface area contributed by atoms with Crippen LogP contribution >= 0.6 is 11.3 Å². The summed E-state index contributed by atoms with van der Waals surface area (Å²) in [6, 6.07) is 6.01. The average molecular weight is 260 g/mol. The number of hydrogen-bond donors (Lipinski definition) is 2. The molecule has 3 rings (SSSR count). The van der Waals surface area contributed by atoms with E-state index in [0.717, 1.165) is 5.56 Å². The maximum atomic E-state index is 9.69. The molecule has 0 saturated heterocycles. The van der Waals surface area contributed by atoms with Gasteiger partial charge in [0.1, 0.15) is 11.5 Å². The third-order valence-electron chi connectivity index (χ3n) is 2.42. The van der Waals surface area contributed by atoms with Gasteiger partial charge in [-0.3, -0.25) is 0 Å². The molecule has 2 heterocycles. The number of aromatic hydroxyl groups is 2. The van der Waals surface area contributed by atoms with Crippen molar-refractivity contribution in [2.75, 3.05) is 0 Å². The lowest BCUT2D eigenvalue weighted by molar-refractivity contribution is 0.423. The van der Waals surface area contributed by atoms with E-state index in [1.807, 2.05) is 16.8 Å². The summed E-state index contributed by atoms with van der Waals surface area (Å²) in [6.45, 7) is 0. The third kappa shape index (κ3) is 1.82. The average Bonchev–Trinajstić information content (AvgIpc) is 3.00. The maximum absolute atomic E-state index is 9.69. The molecule has 0 amide bonds. The number of benzene rings is 1. The Kier molecular flexibility index (Phi) is 2.49. The lowest BCUT2D eigenvalue weighted by atomic mass is 10.2. The minimum Gasteiger partial charge on any atom is -0.508 e. The van der Waals surface area contributed by atoms with Gasteiger partial charge in [0.2, 0.25) is 5.82 Å². The topological polar surface area (TPSA) is 79.4 Å². The standard InChI is InChI=1S/C12H8N2O3S/c15-8-1-2-10(16)9(5-8)12-13-11(14-17-12)7-3-4-18-6-7/h1-6,15-16H. The summed E-state index contributed by atoms with van der Waals surface area (Å²) in [5.41, 5.74) is 1.17. The van der Waals surface area contributed by atoms with Gasteiger partial charge in [0.15, 0.2) is 0 Å². The van der Waals surface area contributed by atoms with E-state index in [2.05, 4.69) is 10.1 Å². The van der Waals surface area contributed by atoms with Crippen LogP contribution in [0.1, 0.15) is 0 Å². The zero-order chi connectivity index (χ0) is 12.5. The number of thiophene rings is 1. The van der Waals surface area contributed by atoms with Crippen molar-refractivity contribution < 1.29 is 14.7 Å². The first kappa shape index (κ1) is 10.8. The van der Waals surface area contributed by atoms with Crippen LogP contribution in [0.3, 0.4) is 0 Å². The first-order valence-electron chi connectivity index (χ1n) is 5.12. The Morgan fingerprint density at radius 1 is 1.17 bits per heavy atom. The van der Waals surface area contributed by atoms with Gasteiger partial charge in [0.05, 0.1) is 5.56 Å². The Bertz CT molecular complexity index is 676. The van der Waals surface area contributed by atoms with E-state index in [1.54, 1.807) is 0 Å². The van der Waals surface area contributed by atoms with E-state index < -0.39 is 0 Å². The van der Waals surface area contributed by atoms with Crippen molar-refractivity contribution in [2.45, 2.75) is 0 Å². The second kappa shape index (κ2) is 4.15. The van der Waals surface area contributed by atoms with Crippen molar-refractivity contribution in [1.29, 1.82) is 0 Å². The molecule has 5 nitrogen and oxygen atoms in total. The summed E-state index contributed by atoms with van der Waals surface area (Å²) in [7, 11) is 0. The van der Waals surface area contributed by atoms with Crippen LogP contribution in [-0.2, 0) is 0 Å². The van der Waals surface area contributed by atoms with Crippen LogP contribution in [0.25, 0.3) is 22.8 Å². The fraction of sp³-hybridized carbons (Fsp3) is 0. The lowest BCUT2D eigenvalue weighted by Crippen LogP contribution is -1.80. The minimum absolute atomic E-state index is 0.0201. The number of phenols is 2. The number of hydrogen-bond acceptors (Lipinski definition) is 6. The van der Waals surface area contributed by atoms with Crippen LogP contribution in [0, 0.1) is 0 Å². The lowest BCUT2D eigenvalue weighted by Gasteiger charge is -1.99. The Morgan fingerprint density at radius 2 is 2.06 bits per heavy atom. The van der Waals surface area contributed by atoms with Crippen LogP contribution in [0.15, 0.2) is 39.5 Å². The largest absolute Gasteiger partial charge is 0.508 e. The molecule has 90 valence electrons. The highest BCUT2D eigenvalue weighted by atomic mass is 32.1. The van der Waals surface area contributed by atoms with E-state index >= 15 is 0 Å². The molecule has 6 heteroatoms. The summed E-state index contributed by atoms with van der Waals surface area (Å²) in [4.78, 5) is 4.18. The van der Waals surface area contributed by atoms with Crippen LogP contribution in [0.2, 0.25) is 0 Å². The highest BCUT2D eigenvalue weighted by Gasteiger charge is 2.14. The monoisotopic (exact) mass is 260 g/mol. The SMILES string of the molecule is Oc1ccc(O)c(-c2nc(-c3ccsc3)no2)c1. The fourth-order valence-electron chi connectivity index (χ4n) is 1.54. The van der Waals surface area contributed by atoms with Crippen molar-refractivity contribution in [2.24, 2.45) is 0 Å². The zero-order valence-electron chi connectivity index (χ0n) is 9.07. The van der Waals surface area contributed by atoms with Crippen molar-refractivity contribution in [3.8, 4) is 34.3 Å². The summed E-state index contributed by atoms with van der Waals surface area (Å²) in [6.07, 6.45) is 0. The van der Waals surface area contributed by atoms with Crippen molar-refractivity contribution in [3.63, 3.8) is 0 Å². The molecule has 0 unspecified atom stereocenters. The van der Waals surface area contributed by atoms with Crippen molar-refractivity contribution in [3.05, 3.63) is 35.0 Å². The molecule has 3 aromatic rings. The van der Waals surface area contributed by atoms with E-state index in [1.165, 1.54) is 29.5 Å². The summed E-state index contributed by atoms with van der Waals surface area (Å²) < 4.78 is 5.08. The van der Waals surface area contributed by atoms with Gasteiger partial charge in [0, 0.05) is 10.9 Å². The van der Waals surface area contributed by atoms with E-state index in [4.69, 9.17) is 4.52 Å². The number of aromatic nitrogens is 2. The Balaban J connectivity index is 2.05. The zero-order valence-corrected chi connectivity index (χ0v) is 9.89. The second-order valence-electron chi connectivity index (χ2n) is 3.64. The summed E-state index contributed by atoms with van der Waals surface area (Å²) >= 11 is 1.53. The molecule has 0 spiro atoms. The molecule has 0 fully saturated rings. The van der Waals surface area contributed by atoms with Gasteiger partial charge in [-0.15, -0.1) is 0 Å². The number of rotatable bonds is 2. The molecule has 0 radical (unpaired) electrons. The molecule has 0 aliphatic rings. The number of phenolic OH excluding ortho intramolecular Hbond substituents is 2. The first-order valence-corrected chi connectivity index (χ1v) is 6.07. The summed E-state index contributed by atoms with van der Waals surface area (Å²) in [5.74, 6) is 0.630. The molecular weight excluding hydrogens is 252 g/mol. The predicted molar refractivity (Wildman–Crippen MR) is 66.4 cm³/mol. The van der Waals surface area contributed by atoms with Crippen LogP contribution < -0.4 is 0 Å². The van der Waals surface area contributed by atoms with Gasteiger partial charge < -0.3 is 14.7 Å². The molecule has 0 aliphatic carbocycles. The Labute approximate surface area is 106 Å². The third-order valence-corrected chi connectivity index (χ3v) is 3.10. The minimum atomic E-state index is -0.0201. The normalized spacial score (nSPS) is 10.7. The van der Waals surface area contributed by atoms with Gasteiger partial charge in [-0.2, -0.15) is 16.3 Å². The van der Waals surface area contributed by atoms with Gasteiger partial charge in [0.25, 0.3) is 5.89 Å². The highest BCUT2D eigenvalue weighted by molar-refractivity contribution is 7.08. The second-order valence-corrected chi connectivity index (χ2v) is 4.42. The van der Waals surface area contributed by atoms with E-state index in [-0.39, 0.29) is 17.4 Å². The van der Waals surface area contributed by atoms with Crippen LogP contribution in [-0.4, -0.2) is 20.4 Å². The van der Waals surface area contributed by atoms with Crippen LogP contribution in [0.5, 0.6) is 11.5 Å². The van der Waals surface area contributed by atoms with E-state index in [9.17, 15) is 10.2 Å². The Morgan fingerprint density at radius 3 is 2.83 bits per heavy atom. The molecule has 0 saturated carbocycles. The fourth-order valence-corrected chi connectivity index (χ4v) is 2.17. The molecule has 18 heavy (non-hydrogen) atoms. The van der Waals surface area contributed by atoms with Gasteiger partial charge in [-0.25, -0.2) is 0 Å². The maximum Gasteiger partial charge on any atom is 0.262 e. The first-order chi connectivity index (χ1) is 8.74. The highest BCUT2D eigenvalue weighted by Crippen LogP contribution is 2.32. The molecule has 0 aliphatic heterocycles. The molecule has 2 aromatic heterocycles. The quantitative estimate of drug-likeness (QED) is 0.692. The number of nitrogens with zero attached hydrogens (tertiary/aromatic N) is 2. The van der Waals surface area contributed by atoms with Crippen LogP contribution in [0.4, 0.5) is 0 Å². The van der Waals surface area contributed by atoms with Gasteiger partial charge >= 0.3 is 0 Å². The van der Waals surface area contributed by atoms with E-state index in [0.29, 0.717) is 11.4 Å². The van der Waals surface area contributed by atoms with Gasteiger partial charge in [-0.1, -0.05) is 5.16 Å². The van der Waals surface area contributed by atoms with Gasteiger partial charge in [-0.05, 0) is 29.6 Å². The molecule has 2 N–H and O–H groups in total. The molecule has 0 atom stereocenters. The van der Waals surface area contributed by atoms with Crippen molar-refractivity contribution >= 4 is 11.3 Å². The molecule has 0 bridgehead atoms. The molecular formula is C12H8N2O3S. The Hall–Kier alpha value is -2.34. The van der Waals surface area contributed by atoms with Crippen molar-refractivity contribution in [1.82, 2.24) is 10.1 Å².